The van der Waals surface area contributed by atoms with Crippen molar-refractivity contribution in [3.05, 3.63) is 92.3 Å². The summed E-state index contributed by atoms with van der Waals surface area (Å²) in [5, 5.41) is 15.2. The molecule has 0 radical (unpaired) electrons. The Balaban J connectivity index is 1.29. The van der Waals surface area contributed by atoms with E-state index in [1.807, 2.05) is 5.38 Å². The van der Waals surface area contributed by atoms with Gasteiger partial charge in [0.25, 0.3) is 0 Å². The Kier molecular flexibility index (Phi) is 7.86. The van der Waals surface area contributed by atoms with Gasteiger partial charge >= 0.3 is 18.0 Å². The van der Waals surface area contributed by atoms with Crippen LogP contribution >= 0.6 is 22.9 Å². The number of amides is 2. The van der Waals surface area contributed by atoms with Gasteiger partial charge in [-0.2, -0.15) is 0 Å². The number of thiazole rings is 1. The fourth-order valence-electron chi connectivity index (χ4n) is 5.63. The molecule has 11 nitrogen and oxygen atoms in total. The van der Waals surface area contributed by atoms with E-state index in [9.17, 15) is 23.9 Å². The van der Waals surface area contributed by atoms with Crippen molar-refractivity contribution in [2.45, 2.75) is 12.1 Å². The Bertz CT molecular complexity index is 1660. The minimum atomic E-state index is -1.06. The lowest BCUT2D eigenvalue weighted by atomic mass is 9.95. The highest BCUT2D eigenvalue weighted by Gasteiger charge is 2.42. The van der Waals surface area contributed by atoms with Crippen LogP contribution in [0.25, 0.3) is 0 Å². The molecule has 3 aromatic rings. The van der Waals surface area contributed by atoms with E-state index in [1.165, 1.54) is 48.8 Å². The summed E-state index contributed by atoms with van der Waals surface area (Å²) in [5.41, 5.74) is 1.87. The number of piperazine rings is 1. The van der Waals surface area contributed by atoms with E-state index in [-0.39, 0.29) is 28.2 Å². The third kappa shape index (κ3) is 5.58. The van der Waals surface area contributed by atoms with Crippen LogP contribution in [-0.4, -0.2) is 89.6 Å². The largest absolute Gasteiger partial charge is 0.478 e. The number of benzene rings is 2. The molecule has 1 aromatic heterocycles. The number of hydrogen-bond acceptors (Lipinski definition) is 9. The van der Waals surface area contributed by atoms with Crippen LogP contribution in [0.3, 0.4) is 0 Å². The van der Waals surface area contributed by atoms with E-state index in [2.05, 4.69) is 15.2 Å². The molecule has 2 fully saturated rings. The van der Waals surface area contributed by atoms with Crippen LogP contribution in [0.5, 0.6) is 0 Å². The summed E-state index contributed by atoms with van der Waals surface area (Å²) in [7, 11) is 1.28. The van der Waals surface area contributed by atoms with Gasteiger partial charge in [0, 0.05) is 66.3 Å². The van der Waals surface area contributed by atoms with Crippen molar-refractivity contribution < 1.29 is 28.6 Å². The number of urea groups is 1. The first-order valence-electron chi connectivity index (χ1n) is 13.4. The van der Waals surface area contributed by atoms with E-state index in [1.54, 1.807) is 28.1 Å². The molecule has 0 bridgehead atoms. The number of amidine groups is 1. The van der Waals surface area contributed by atoms with Crippen molar-refractivity contribution in [2.75, 3.05) is 44.7 Å². The van der Waals surface area contributed by atoms with Crippen LogP contribution in [0.2, 0.25) is 5.02 Å². The minimum absolute atomic E-state index is 0.107. The summed E-state index contributed by atoms with van der Waals surface area (Å²) in [5.74, 6) is -1.73. The Labute approximate surface area is 254 Å². The second-order valence-corrected chi connectivity index (χ2v) is 11.5. The van der Waals surface area contributed by atoms with Crippen molar-refractivity contribution in [2.24, 2.45) is 4.99 Å². The molecule has 43 heavy (non-hydrogen) atoms. The number of methoxy groups -OCH3 is 1. The quantitative estimate of drug-likeness (QED) is 0.380. The topological polar surface area (TPSA) is 128 Å². The molecule has 0 unspecified atom stereocenters. The zero-order valence-electron chi connectivity index (χ0n) is 22.9. The maximum absolute atomic E-state index is 13.9. The molecule has 3 aliphatic heterocycles. The van der Waals surface area contributed by atoms with Crippen LogP contribution in [0.4, 0.5) is 14.9 Å². The fraction of sp³-hybridized carbons (Fsp3) is 0.276. The van der Waals surface area contributed by atoms with Gasteiger partial charge in [-0.05, 0) is 30.3 Å². The third-order valence-corrected chi connectivity index (χ3v) is 8.75. The zero-order chi connectivity index (χ0) is 30.2. The van der Waals surface area contributed by atoms with Gasteiger partial charge in [0.1, 0.15) is 11.9 Å². The van der Waals surface area contributed by atoms with E-state index in [0.717, 1.165) is 0 Å². The molecule has 2 aromatic carbocycles. The van der Waals surface area contributed by atoms with Crippen molar-refractivity contribution in [1.29, 1.82) is 0 Å². The number of carbonyl (C=O) groups is 3. The van der Waals surface area contributed by atoms with Crippen molar-refractivity contribution >= 4 is 52.4 Å². The van der Waals surface area contributed by atoms with E-state index in [4.69, 9.17) is 21.3 Å². The number of carbonyl (C=O) groups excluding carboxylic acids is 2. The zero-order valence-corrected chi connectivity index (χ0v) is 24.4. The van der Waals surface area contributed by atoms with Gasteiger partial charge in [-0.1, -0.05) is 23.7 Å². The highest BCUT2D eigenvalue weighted by atomic mass is 35.5. The molecule has 0 saturated carbocycles. The molecule has 4 heterocycles. The molecule has 2 atom stereocenters. The highest BCUT2D eigenvalue weighted by molar-refractivity contribution is 7.11. The first kappa shape index (κ1) is 28.8. The number of aromatic carboxylic acids is 1. The Morgan fingerprint density at radius 1 is 1.21 bits per heavy atom. The number of fused-ring (bicyclic) bond motifs is 1. The molecule has 2 amide bonds. The van der Waals surface area contributed by atoms with Crippen LogP contribution in [0.1, 0.15) is 27.0 Å². The molecular formula is C29H26ClFN6O5S. The van der Waals surface area contributed by atoms with Crippen molar-refractivity contribution in [1.82, 2.24) is 20.1 Å². The second-order valence-electron chi connectivity index (χ2n) is 10.2. The number of esters is 1. The number of aliphatic imine (C=N–C) groups is 1. The molecule has 14 heteroatoms. The maximum atomic E-state index is 13.9. The van der Waals surface area contributed by atoms with Gasteiger partial charge in [-0.3, -0.25) is 14.8 Å². The number of rotatable bonds is 7. The van der Waals surface area contributed by atoms with Gasteiger partial charge in [0.15, 0.2) is 10.8 Å². The molecule has 0 aliphatic carbocycles. The molecule has 6 rings (SSSR count). The average molecular weight is 625 g/mol. The fourth-order valence-corrected chi connectivity index (χ4v) is 6.49. The summed E-state index contributed by atoms with van der Waals surface area (Å²) in [6, 6.07) is 9.07. The monoisotopic (exact) mass is 624 g/mol. The summed E-state index contributed by atoms with van der Waals surface area (Å²) in [6.07, 6.45) is 1.65. The van der Waals surface area contributed by atoms with Gasteiger partial charge in [0.05, 0.1) is 24.3 Å². The number of nitrogens with one attached hydrogen (secondary N) is 1. The number of nitrogens with zero attached hydrogens (tertiary/aromatic N) is 5. The second kappa shape index (κ2) is 11.7. The number of carboxylic acid groups (broad SMARTS) is 1. The smallest absolute Gasteiger partial charge is 0.338 e. The van der Waals surface area contributed by atoms with E-state index >= 15 is 0 Å². The van der Waals surface area contributed by atoms with Crippen molar-refractivity contribution in [3.8, 4) is 0 Å². The summed E-state index contributed by atoms with van der Waals surface area (Å²) in [6.45, 7) is 2.16. The van der Waals surface area contributed by atoms with Gasteiger partial charge < -0.3 is 20.1 Å². The Morgan fingerprint density at radius 3 is 2.77 bits per heavy atom. The molecule has 2 saturated heterocycles. The molecule has 2 N–H and O–H groups in total. The number of halogens is 2. The lowest BCUT2D eigenvalue weighted by Gasteiger charge is -2.38. The van der Waals surface area contributed by atoms with Crippen LogP contribution < -0.4 is 10.2 Å². The third-order valence-electron chi connectivity index (χ3n) is 7.65. The lowest BCUT2D eigenvalue weighted by Crippen LogP contribution is -2.53. The predicted molar refractivity (Wildman–Crippen MR) is 158 cm³/mol. The maximum Gasteiger partial charge on any atom is 0.338 e. The van der Waals surface area contributed by atoms with Crippen LogP contribution in [0.15, 0.2) is 70.3 Å². The van der Waals surface area contributed by atoms with Gasteiger partial charge in [0.2, 0.25) is 0 Å². The van der Waals surface area contributed by atoms with Crippen LogP contribution in [0, 0.1) is 5.82 Å². The highest BCUT2D eigenvalue weighted by Crippen LogP contribution is 2.37. The summed E-state index contributed by atoms with van der Waals surface area (Å²) in [4.78, 5) is 52.6. The van der Waals surface area contributed by atoms with Gasteiger partial charge in [-0.25, -0.2) is 23.8 Å². The normalized spacial score (nSPS) is 20.5. The first-order valence-corrected chi connectivity index (χ1v) is 14.6. The van der Waals surface area contributed by atoms with E-state index < -0.39 is 23.8 Å². The molecule has 0 spiro atoms. The number of anilines is 1. The SMILES string of the molecule is COC(=O)C1=C(CN2CCN3C(=O)N(c4cccc(C(=O)O)c4)C[C@@H]3C2)NC(c2nccs2)=N[C@H]1c1ccc(F)cc1Cl. The van der Waals surface area contributed by atoms with Crippen LogP contribution in [-0.2, 0) is 9.53 Å². The first-order chi connectivity index (χ1) is 20.7. The number of ether oxygens (including phenoxy) is 1. The number of carboxylic acids is 1. The van der Waals surface area contributed by atoms with Gasteiger partial charge in [-0.15, -0.1) is 11.3 Å². The average Bonchev–Trinajstić information content (AvgIpc) is 3.65. The summed E-state index contributed by atoms with van der Waals surface area (Å²) < 4.78 is 19.1. The minimum Gasteiger partial charge on any atom is -0.478 e. The number of hydrogen-bond donors (Lipinski definition) is 2. The molecular weight excluding hydrogens is 599 g/mol. The summed E-state index contributed by atoms with van der Waals surface area (Å²) >= 11 is 7.83. The van der Waals surface area contributed by atoms with E-state index in [0.29, 0.717) is 60.5 Å². The Hall–Kier alpha value is -4.33. The number of aromatic nitrogens is 1. The molecule has 3 aliphatic rings. The standard InChI is InChI=1S/C29H26ClFN6O5S/c1-42-28(40)23-22(33-25(26-32-7-10-43-26)34-24(23)20-6-5-17(31)12-21(20)30)15-35-8-9-36-19(13-35)14-37(29(36)41)18-4-2-3-16(11-18)27(38)39/h2-7,10-12,19,24H,8-9,13-15H2,1H3,(H,33,34)(H,38,39)/t19-,24-/m0/s1. The lowest BCUT2D eigenvalue weighted by molar-refractivity contribution is -0.136. The van der Waals surface area contributed by atoms with Crippen molar-refractivity contribution in [3.63, 3.8) is 0 Å². The Morgan fingerprint density at radius 2 is 2.05 bits per heavy atom. The predicted octanol–water partition coefficient (Wildman–Crippen LogP) is 3.78. The molecule has 222 valence electrons.